The molecular formula is C17H17ClO3. The molecule has 0 aliphatic heterocycles. The summed E-state index contributed by atoms with van der Waals surface area (Å²) in [7, 11) is 0. The minimum atomic E-state index is -0.0765. The Labute approximate surface area is 129 Å². The predicted molar refractivity (Wildman–Crippen MR) is 83.6 cm³/mol. The SMILES string of the molecule is CCOc1ccc(C(=O)COc2ccc(Cl)cc2C)cc1. The highest BCUT2D eigenvalue weighted by Gasteiger charge is 2.08. The monoisotopic (exact) mass is 304 g/mol. The molecule has 0 atom stereocenters. The summed E-state index contributed by atoms with van der Waals surface area (Å²) in [6.45, 7) is 4.41. The fourth-order valence-electron chi connectivity index (χ4n) is 1.91. The van der Waals surface area contributed by atoms with Crippen LogP contribution >= 0.6 is 11.6 Å². The number of carbonyl (C=O) groups is 1. The number of hydrogen-bond acceptors (Lipinski definition) is 3. The number of ketones is 1. The molecule has 0 fully saturated rings. The summed E-state index contributed by atoms with van der Waals surface area (Å²) < 4.78 is 10.9. The van der Waals surface area contributed by atoms with E-state index in [-0.39, 0.29) is 12.4 Å². The van der Waals surface area contributed by atoms with Crippen molar-refractivity contribution in [1.29, 1.82) is 0 Å². The molecule has 0 N–H and O–H groups in total. The third-order valence-corrected chi connectivity index (χ3v) is 3.22. The first-order valence-electron chi connectivity index (χ1n) is 6.75. The van der Waals surface area contributed by atoms with Crippen molar-refractivity contribution < 1.29 is 14.3 Å². The second-order valence-electron chi connectivity index (χ2n) is 4.58. The number of aryl methyl sites for hydroxylation is 1. The summed E-state index contributed by atoms with van der Waals surface area (Å²) in [5, 5.41) is 0.651. The molecule has 0 aliphatic rings. The van der Waals surface area contributed by atoms with Crippen LogP contribution in [-0.2, 0) is 0 Å². The number of rotatable bonds is 6. The molecule has 0 aliphatic carbocycles. The topological polar surface area (TPSA) is 35.5 Å². The van der Waals surface area contributed by atoms with Gasteiger partial charge in [-0.3, -0.25) is 4.79 Å². The molecule has 0 bridgehead atoms. The number of Topliss-reactive ketones (excluding diaryl/α,β-unsaturated/α-hetero) is 1. The lowest BCUT2D eigenvalue weighted by Crippen LogP contribution is -2.12. The van der Waals surface area contributed by atoms with Gasteiger partial charge in [0, 0.05) is 10.6 Å². The summed E-state index contributed by atoms with van der Waals surface area (Å²) in [6.07, 6.45) is 0. The van der Waals surface area contributed by atoms with E-state index in [4.69, 9.17) is 21.1 Å². The minimum Gasteiger partial charge on any atom is -0.494 e. The highest BCUT2D eigenvalue weighted by Crippen LogP contribution is 2.22. The van der Waals surface area contributed by atoms with Gasteiger partial charge in [0.15, 0.2) is 12.4 Å². The Morgan fingerprint density at radius 3 is 2.43 bits per heavy atom. The smallest absolute Gasteiger partial charge is 0.200 e. The molecule has 2 aromatic rings. The Bertz CT molecular complexity index is 620. The van der Waals surface area contributed by atoms with E-state index in [9.17, 15) is 4.79 Å². The van der Waals surface area contributed by atoms with Crippen molar-refractivity contribution in [3.8, 4) is 11.5 Å². The summed E-state index contributed by atoms with van der Waals surface area (Å²) >= 11 is 5.88. The van der Waals surface area contributed by atoms with Gasteiger partial charge in [-0.1, -0.05) is 11.6 Å². The molecule has 0 heterocycles. The van der Waals surface area contributed by atoms with Gasteiger partial charge in [0.25, 0.3) is 0 Å². The molecule has 0 saturated carbocycles. The van der Waals surface area contributed by atoms with E-state index in [1.807, 2.05) is 13.8 Å². The lowest BCUT2D eigenvalue weighted by Gasteiger charge is -2.09. The van der Waals surface area contributed by atoms with E-state index in [0.29, 0.717) is 22.9 Å². The van der Waals surface area contributed by atoms with Gasteiger partial charge in [-0.25, -0.2) is 0 Å². The van der Waals surface area contributed by atoms with Crippen molar-refractivity contribution in [2.24, 2.45) is 0 Å². The lowest BCUT2D eigenvalue weighted by atomic mass is 10.1. The second-order valence-corrected chi connectivity index (χ2v) is 5.02. The number of ether oxygens (including phenoxy) is 2. The van der Waals surface area contributed by atoms with Gasteiger partial charge in [0.2, 0.25) is 0 Å². The van der Waals surface area contributed by atoms with Crippen LogP contribution in [0, 0.1) is 6.92 Å². The molecule has 0 saturated heterocycles. The zero-order valence-corrected chi connectivity index (χ0v) is 12.8. The summed E-state index contributed by atoms with van der Waals surface area (Å²) in [4.78, 5) is 12.1. The van der Waals surface area contributed by atoms with E-state index in [2.05, 4.69) is 0 Å². The van der Waals surface area contributed by atoms with Gasteiger partial charge in [0.05, 0.1) is 6.61 Å². The molecule has 21 heavy (non-hydrogen) atoms. The van der Waals surface area contributed by atoms with Crippen LogP contribution in [0.1, 0.15) is 22.8 Å². The third-order valence-electron chi connectivity index (χ3n) is 2.98. The van der Waals surface area contributed by atoms with Gasteiger partial charge >= 0.3 is 0 Å². The first-order valence-corrected chi connectivity index (χ1v) is 7.13. The van der Waals surface area contributed by atoms with Crippen molar-refractivity contribution in [2.75, 3.05) is 13.2 Å². The van der Waals surface area contributed by atoms with Crippen LogP contribution in [0.25, 0.3) is 0 Å². The van der Waals surface area contributed by atoms with Crippen LogP contribution in [0.5, 0.6) is 11.5 Å². The summed E-state index contributed by atoms with van der Waals surface area (Å²) in [5.74, 6) is 1.34. The van der Waals surface area contributed by atoms with Crippen molar-refractivity contribution in [2.45, 2.75) is 13.8 Å². The molecule has 2 rings (SSSR count). The van der Waals surface area contributed by atoms with Gasteiger partial charge in [-0.15, -0.1) is 0 Å². The summed E-state index contributed by atoms with van der Waals surface area (Å²) in [6, 6.07) is 12.4. The molecule has 0 amide bonds. The molecule has 110 valence electrons. The van der Waals surface area contributed by atoms with Gasteiger partial charge in [-0.05, 0) is 61.9 Å². The number of carbonyl (C=O) groups excluding carboxylic acids is 1. The van der Waals surface area contributed by atoms with Crippen LogP contribution < -0.4 is 9.47 Å². The average Bonchev–Trinajstić information content (AvgIpc) is 2.47. The van der Waals surface area contributed by atoms with Crippen LogP contribution in [0.15, 0.2) is 42.5 Å². The van der Waals surface area contributed by atoms with E-state index in [0.717, 1.165) is 11.3 Å². The van der Waals surface area contributed by atoms with E-state index < -0.39 is 0 Å². The Morgan fingerprint density at radius 2 is 1.81 bits per heavy atom. The quantitative estimate of drug-likeness (QED) is 0.746. The zero-order valence-electron chi connectivity index (χ0n) is 12.1. The minimum absolute atomic E-state index is 0.00352. The molecule has 0 aromatic heterocycles. The van der Waals surface area contributed by atoms with Gasteiger partial charge in [0.1, 0.15) is 11.5 Å². The third kappa shape index (κ3) is 4.23. The summed E-state index contributed by atoms with van der Waals surface area (Å²) in [5.41, 5.74) is 1.51. The number of halogens is 1. The normalized spacial score (nSPS) is 10.2. The first-order chi connectivity index (χ1) is 10.1. The highest BCUT2D eigenvalue weighted by molar-refractivity contribution is 6.30. The zero-order chi connectivity index (χ0) is 15.2. The predicted octanol–water partition coefficient (Wildman–Crippen LogP) is 4.31. The van der Waals surface area contributed by atoms with Gasteiger partial charge < -0.3 is 9.47 Å². The molecule has 0 unspecified atom stereocenters. The first kappa shape index (κ1) is 15.4. The highest BCUT2D eigenvalue weighted by atomic mass is 35.5. The fourth-order valence-corrected chi connectivity index (χ4v) is 2.13. The Balaban J connectivity index is 1.98. The van der Waals surface area contributed by atoms with E-state index >= 15 is 0 Å². The Kier molecular flexibility index (Phi) is 5.23. The molecule has 2 aromatic carbocycles. The van der Waals surface area contributed by atoms with Crippen molar-refractivity contribution in [1.82, 2.24) is 0 Å². The fraction of sp³-hybridized carbons (Fsp3) is 0.235. The van der Waals surface area contributed by atoms with Crippen LogP contribution in [-0.4, -0.2) is 19.0 Å². The Hall–Kier alpha value is -2.00. The Morgan fingerprint density at radius 1 is 1.10 bits per heavy atom. The molecule has 0 radical (unpaired) electrons. The second kappa shape index (κ2) is 7.14. The van der Waals surface area contributed by atoms with E-state index in [1.165, 1.54) is 0 Å². The van der Waals surface area contributed by atoms with E-state index in [1.54, 1.807) is 42.5 Å². The largest absolute Gasteiger partial charge is 0.494 e. The van der Waals surface area contributed by atoms with Crippen molar-refractivity contribution in [3.63, 3.8) is 0 Å². The average molecular weight is 305 g/mol. The van der Waals surface area contributed by atoms with Crippen LogP contribution in [0.4, 0.5) is 0 Å². The molecule has 0 spiro atoms. The van der Waals surface area contributed by atoms with Crippen LogP contribution in [0.2, 0.25) is 5.02 Å². The van der Waals surface area contributed by atoms with Gasteiger partial charge in [-0.2, -0.15) is 0 Å². The molecular weight excluding hydrogens is 288 g/mol. The standard InChI is InChI=1S/C17H17ClO3/c1-3-20-15-7-4-13(5-8-15)16(19)11-21-17-9-6-14(18)10-12(17)2/h4-10H,3,11H2,1-2H3. The van der Waals surface area contributed by atoms with Crippen molar-refractivity contribution in [3.05, 3.63) is 58.6 Å². The number of hydrogen-bond donors (Lipinski definition) is 0. The molecule has 3 nitrogen and oxygen atoms in total. The number of benzene rings is 2. The maximum absolute atomic E-state index is 12.1. The van der Waals surface area contributed by atoms with Crippen LogP contribution in [0.3, 0.4) is 0 Å². The lowest BCUT2D eigenvalue weighted by molar-refractivity contribution is 0.0921. The van der Waals surface area contributed by atoms with Crippen molar-refractivity contribution >= 4 is 17.4 Å². The maximum Gasteiger partial charge on any atom is 0.200 e. The molecule has 4 heteroatoms. The maximum atomic E-state index is 12.1.